The van der Waals surface area contributed by atoms with Crippen molar-refractivity contribution in [3.63, 3.8) is 0 Å². The molecule has 0 saturated carbocycles. The third-order valence-electron chi connectivity index (χ3n) is 4.05. The number of aromatic nitrogens is 2. The number of fused-ring (bicyclic) bond motifs is 3. The molecule has 0 atom stereocenters. The van der Waals surface area contributed by atoms with Crippen molar-refractivity contribution >= 4 is 33.4 Å². The van der Waals surface area contributed by atoms with Crippen molar-refractivity contribution in [2.45, 2.75) is 0 Å². The molecule has 4 heteroatoms. The molecule has 0 saturated heterocycles. The van der Waals surface area contributed by atoms with Crippen LogP contribution in [0.4, 0.5) is 0 Å². The predicted octanol–water partition coefficient (Wildman–Crippen LogP) is 4.34. The highest BCUT2D eigenvalue weighted by molar-refractivity contribution is 6.30. The van der Waals surface area contributed by atoms with Gasteiger partial charge in [0.15, 0.2) is 0 Å². The second-order valence-corrected chi connectivity index (χ2v) is 5.80. The van der Waals surface area contributed by atoms with E-state index in [1.54, 1.807) is 11.6 Å². The van der Waals surface area contributed by atoms with Crippen LogP contribution in [0.25, 0.3) is 33.1 Å². The Bertz CT molecular complexity index is 1060. The highest BCUT2D eigenvalue weighted by atomic mass is 35.5. The summed E-state index contributed by atoms with van der Waals surface area (Å²) in [5.41, 5.74) is 3.47. The van der Waals surface area contributed by atoms with Gasteiger partial charge < -0.3 is 9.55 Å². The quantitative estimate of drug-likeness (QED) is 0.558. The van der Waals surface area contributed by atoms with E-state index in [1.165, 1.54) is 0 Å². The summed E-state index contributed by atoms with van der Waals surface area (Å²) in [7, 11) is 1.80. The normalized spacial score (nSPS) is 11.4. The summed E-state index contributed by atoms with van der Waals surface area (Å²) in [6, 6.07) is 17.5. The number of nitrogens with zero attached hydrogens (tertiary/aromatic N) is 1. The van der Waals surface area contributed by atoms with Crippen molar-refractivity contribution in [1.29, 1.82) is 0 Å². The number of halogens is 1. The Morgan fingerprint density at radius 3 is 2.50 bits per heavy atom. The largest absolute Gasteiger partial charge is 0.350 e. The lowest BCUT2D eigenvalue weighted by molar-refractivity contribution is 0.915. The van der Waals surface area contributed by atoms with Gasteiger partial charge in [0.2, 0.25) is 0 Å². The van der Waals surface area contributed by atoms with Gasteiger partial charge in [0.25, 0.3) is 5.56 Å². The number of rotatable bonds is 1. The molecular weight excluding hydrogens is 296 g/mol. The Kier molecular flexibility index (Phi) is 2.84. The Balaban J connectivity index is 2.09. The van der Waals surface area contributed by atoms with E-state index in [9.17, 15) is 4.79 Å². The van der Waals surface area contributed by atoms with Gasteiger partial charge in [0.1, 0.15) is 5.52 Å². The number of hydrogen-bond donors (Lipinski definition) is 1. The molecule has 0 spiro atoms. The van der Waals surface area contributed by atoms with Crippen LogP contribution in [0, 0.1) is 0 Å². The fourth-order valence-electron chi connectivity index (χ4n) is 2.89. The van der Waals surface area contributed by atoms with Crippen LogP contribution in [-0.2, 0) is 7.05 Å². The maximum atomic E-state index is 12.6. The number of nitrogens with one attached hydrogen (secondary N) is 1. The van der Waals surface area contributed by atoms with Gasteiger partial charge >= 0.3 is 0 Å². The molecule has 0 unspecified atom stereocenters. The molecule has 0 amide bonds. The standard InChI is InChI=1S/C18H13ClN2O/c1-21-16-5-3-2-4-13(16)14-10-15(20-17(14)18(21)22)11-6-8-12(19)9-7-11/h2-10,20H,1H3. The number of benzene rings is 2. The van der Waals surface area contributed by atoms with Gasteiger partial charge in [0, 0.05) is 28.5 Å². The van der Waals surface area contributed by atoms with Gasteiger partial charge in [-0.05, 0) is 29.8 Å². The first-order chi connectivity index (χ1) is 10.6. The third kappa shape index (κ3) is 1.86. The van der Waals surface area contributed by atoms with E-state index in [-0.39, 0.29) is 5.56 Å². The van der Waals surface area contributed by atoms with Crippen LogP contribution in [0.1, 0.15) is 0 Å². The van der Waals surface area contributed by atoms with Crippen LogP contribution in [0.3, 0.4) is 0 Å². The van der Waals surface area contributed by atoms with E-state index >= 15 is 0 Å². The van der Waals surface area contributed by atoms with Crippen LogP contribution >= 0.6 is 11.6 Å². The molecular formula is C18H13ClN2O. The average molecular weight is 309 g/mol. The molecule has 0 radical (unpaired) electrons. The predicted molar refractivity (Wildman–Crippen MR) is 91.5 cm³/mol. The van der Waals surface area contributed by atoms with E-state index < -0.39 is 0 Å². The zero-order valence-electron chi connectivity index (χ0n) is 11.9. The van der Waals surface area contributed by atoms with Crippen LogP contribution in [-0.4, -0.2) is 9.55 Å². The highest BCUT2D eigenvalue weighted by Crippen LogP contribution is 2.28. The zero-order chi connectivity index (χ0) is 15.3. The number of hydrogen-bond acceptors (Lipinski definition) is 1. The van der Waals surface area contributed by atoms with Crippen LogP contribution in [0.15, 0.2) is 59.4 Å². The number of H-pyrrole nitrogens is 1. The number of aromatic amines is 1. The third-order valence-corrected chi connectivity index (χ3v) is 4.30. The summed E-state index contributed by atoms with van der Waals surface area (Å²) in [4.78, 5) is 15.8. The second-order valence-electron chi connectivity index (χ2n) is 5.36. The van der Waals surface area contributed by atoms with Gasteiger partial charge in [-0.25, -0.2) is 0 Å². The summed E-state index contributed by atoms with van der Waals surface area (Å²) in [5, 5.41) is 2.71. The van der Waals surface area contributed by atoms with Gasteiger partial charge in [-0.15, -0.1) is 0 Å². The van der Waals surface area contributed by atoms with Crippen LogP contribution < -0.4 is 5.56 Å². The fraction of sp³-hybridized carbons (Fsp3) is 0.0556. The van der Waals surface area contributed by atoms with Crippen molar-refractivity contribution in [1.82, 2.24) is 9.55 Å². The first-order valence-corrected chi connectivity index (χ1v) is 7.39. The number of para-hydroxylation sites is 1. The van der Waals surface area contributed by atoms with Gasteiger partial charge in [-0.3, -0.25) is 4.79 Å². The molecule has 2 aromatic heterocycles. The number of pyridine rings is 1. The first kappa shape index (κ1) is 13.2. The Morgan fingerprint density at radius 2 is 1.73 bits per heavy atom. The first-order valence-electron chi connectivity index (χ1n) is 7.01. The van der Waals surface area contributed by atoms with Crippen molar-refractivity contribution < 1.29 is 0 Å². The van der Waals surface area contributed by atoms with Crippen molar-refractivity contribution in [3.05, 3.63) is 70.0 Å². The van der Waals surface area contributed by atoms with E-state index in [1.807, 2.05) is 54.6 Å². The monoisotopic (exact) mass is 308 g/mol. The molecule has 0 fully saturated rings. The maximum Gasteiger partial charge on any atom is 0.275 e. The molecule has 0 aliphatic rings. The fourth-order valence-corrected chi connectivity index (χ4v) is 3.02. The Hall–Kier alpha value is -2.52. The maximum absolute atomic E-state index is 12.6. The lowest BCUT2D eigenvalue weighted by atomic mass is 10.1. The van der Waals surface area contributed by atoms with Crippen molar-refractivity contribution in [2.75, 3.05) is 0 Å². The molecule has 1 N–H and O–H groups in total. The summed E-state index contributed by atoms with van der Waals surface area (Å²) in [6.45, 7) is 0. The molecule has 0 aliphatic heterocycles. The van der Waals surface area contributed by atoms with Gasteiger partial charge in [-0.2, -0.15) is 0 Å². The topological polar surface area (TPSA) is 37.8 Å². The zero-order valence-corrected chi connectivity index (χ0v) is 12.7. The average Bonchev–Trinajstić information content (AvgIpc) is 2.99. The Labute approximate surface area is 131 Å². The van der Waals surface area contributed by atoms with Crippen LogP contribution in [0.5, 0.6) is 0 Å². The minimum Gasteiger partial charge on any atom is -0.350 e. The van der Waals surface area contributed by atoms with Crippen molar-refractivity contribution in [2.24, 2.45) is 7.05 Å². The SMILES string of the molecule is Cn1c(=O)c2[nH]c(-c3ccc(Cl)cc3)cc2c2ccccc21. The molecule has 0 aliphatic carbocycles. The van der Waals surface area contributed by atoms with E-state index in [2.05, 4.69) is 4.98 Å². The lowest BCUT2D eigenvalue weighted by Crippen LogP contribution is -2.17. The van der Waals surface area contributed by atoms with Crippen LogP contribution in [0.2, 0.25) is 5.02 Å². The summed E-state index contributed by atoms with van der Waals surface area (Å²) in [6.07, 6.45) is 0. The van der Waals surface area contributed by atoms with E-state index in [0.29, 0.717) is 10.5 Å². The molecule has 2 aromatic carbocycles. The van der Waals surface area contributed by atoms with E-state index in [4.69, 9.17) is 11.6 Å². The minimum atomic E-state index is -0.0195. The smallest absolute Gasteiger partial charge is 0.275 e. The lowest BCUT2D eigenvalue weighted by Gasteiger charge is -2.05. The number of aryl methyl sites for hydroxylation is 1. The molecule has 2 heterocycles. The summed E-state index contributed by atoms with van der Waals surface area (Å²) >= 11 is 5.94. The van der Waals surface area contributed by atoms with Gasteiger partial charge in [0.05, 0.1) is 5.52 Å². The van der Waals surface area contributed by atoms with Gasteiger partial charge in [-0.1, -0.05) is 41.9 Å². The summed E-state index contributed by atoms with van der Waals surface area (Å²) in [5.74, 6) is 0. The molecule has 0 bridgehead atoms. The molecule has 3 nitrogen and oxygen atoms in total. The molecule has 4 rings (SSSR count). The Morgan fingerprint density at radius 1 is 1.00 bits per heavy atom. The molecule has 108 valence electrons. The second kappa shape index (κ2) is 4.75. The minimum absolute atomic E-state index is 0.0195. The summed E-state index contributed by atoms with van der Waals surface area (Å²) < 4.78 is 1.68. The van der Waals surface area contributed by atoms with Crippen molar-refractivity contribution in [3.8, 4) is 11.3 Å². The molecule has 4 aromatic rings. The highest BCUT2D eigenvalue weighted by Gasteiger charge is 2.12. The van der Waals surface area contributed by atoms with E-state index in [0.717, 1.165) is 27.5 Å². The molecule has 22 heavy (non-hydrogen) atoms.